The lowest BCUT2D eigenvalue weighted by molar-refractivity contribution is -0.273. The molecule has 1 saturated heterocycles. The number of ether oxygens (including phenoxy) is 2. The van der Waals surface area contributed by atoms with Crippen LogP contribution in [0, 0.1) is 0 Å². The van der Waals surface area contributed by atoms with Crippen LogP contribution in [-0.4, -0.2) is 11.7 Å². The van der Waals surface area contributed by atoms with Gasteiger partial charge in [-0.15, -0.1) is 0 Å². The highest BCUT2D eigenvalue weighted by Crippen LogP contribution is 2.35. The molecule has 0 saturated carbocycles. The second-order valence-electron chi connectivity index (χ2n) is 4.91. The van der Waals surface area contributed by atoms with Crippen LogP contribution in [0.3, 0.4) is 0 Å². The predicted octanol–water partition coefficient (Wildman–Crippen LogP) is 4.05. The lowest BCUT2D eigenvalue weighted by Gasteiger charge is -2.39. The smallest absolute Gasteiger partial charge is 0.184 e. The lowest BCUT2D eigenvalue weighted by atomic mass is 9.99. The maximum atomic E-state index is 5.93. The standard InChI is InChI=1S/C13H17BrO2/c1-9-8-13(2,3)16-12(15-9)10-4-6-11(14)7-5-10/h4-7,9,12H,8H2,1-3H3/t9-,12+/m1/s1. The molecule has 2 nitrogen and oxygen atoms in total. The van der Waals surface area contributed by atoms with E-state index in [1.54, 1.807) is 0 Å². The van der Waals surface area contributed by atoms with Crippen molar-refractivity contribution in [1.82, 2.24) is 0 Å². The maximum Gasteiger partial charge on any atom is 0.184 e. The van der Waals surface area contributed by atoms with Gasteiger partial charge < -0.3 is 9.47 Å². The van der Waals surface area contributed by atoms with Gasteiger partial charge >= 0.3 is 0 Å². The molecule has 0 radical (unpaired) electrons. The molecule has 2 atom stereocenters. The molecule has 88 valence electrons. The van der Waals surface area contributed by atoms with Gasteiger partial charge in [0.05, 0.1) is 11.7 Å². The fraction of sp³-hybridized carbons (Fsp3) is 0.538. The Morgan fingerprint density at radius 2 is 1.88 bits per heavy atom. The third-order valence-corrected chi connectivity index (χ3v) is 3.23. The number of halogens is 1. The Morgan fingerprint density at radius 1 is 1.25 bits per heavy atom. The molecular formula is C13H17BrO2. The maximum absolute atomic E-state index is 5.93. The molecule has 1 aliphatic heterocycles. The predicted molar refractivity (Wildman–Crippen MR) is 67.2 cm³/mol. The van der Waals surface area contributed by atoms with Crippen LogP contribution in [0.25, 0.3) is 0 Å². The molecule has 0 unspecified atom stereocenters. The number of benzene rings is 1. The molecule has 2 rings (SSSR count). The summed E-state index contributed by atoms with van der Waals surface area (Å²) in [4.78, 5) is 0. The molecule has 1 fully saturated rings. The minimum absolute atomic E-state index is 0.116. The van der Waals surface area contributed by atoms with Gasteiger partial charge in [0.2, 0.25) is 0 Å². The lowest BCUT2D eigenvalue weighted by Crippen LogP contribution is -2.38. The Bertz CT molecular complexity index is 359. The van der Waals surface area contributed by atoms with Gasteiger partial charge in [0, 0.05) is 16.5 Å². The summed E-state index contributed by atoms with van der Waals surface area (Å²) in [5.74, 6) is 0. The molecule has 0 spiro atoms. The quantitative estimate of drug-likeness (QED) is 0.775. The van der Waals surface area contributed by atoms with Crippen LogP contribution in [0.1, 0.15) is 39.0 Å². The highest BCUT2D eigenvalue weighted by Gasteiger charge is 2.33. The van der Waals surface area contributed by atoms with Crippen LogP contribution in [0.5, 0.6) is 0 Å². The fourth-order valence-electron chi connectivity index (χ4n) is 2.08. The van der Waals surface area contributed by atoms with Gasteiger partial charge in [-0.1, -0.05) is 28.1 Å². The van der Waals surface area contributed by atoms with E-state index in [0.717, 1.165) is 16.5 Å². The van der Waals surface area contributed by atoms with E-state index < -0.39 is 0 Å². The molecule has 3 heteroatoms. The van der Waals surface area contributed by atoms with Gasteiger partial charge in [-0.2, -0.15) is 0 Å². The van der Waals surface area contributed by atoms with Crippen molar-refractivity contribution in [3.63, 3.8) is 0 Å². The summed E-state index contributed by atoms with van der Waals surface area (Å²) in [6.07, 6.45) is 0.921. The summed E-state index contributed by atoms with van der Waals surface area (Å²) in [7, 11) is 0. The van der Waals surface area contributed by atoms with Crippen LogP contribution >= 0.6 is 15.9 Å². The molecule has 16 heavy (non-hydrogen) atoms. The number of hydrogen-bond acceptors (Lipinski definition) is 2. The zero-order valence-electron chi connectivity index (χ0n) is 9.87. The van der Waals surface area contributed by atoms with E-state index in [2.05, 4.69) is 36.7 Å². The van der Waals surface area contributed by atoms with E-state index in [1.807, 2.05) is 24.3 Å². The normalized spacial score (nSPS) is 29.0. The first-order valence-electron chi connectivity index (χ1n) is 5.55. The van der Waals surface area contributed by atoms with Crippen LogP contribution in [0.15, 0.2) is 28.7 Å². The second kappa shape index (κ2) is 4.47. The van der Waals surface area contributed by atoms with Crippen LogP contribution in [-0.2, 0) is 9.47 Å². The van der Waals surface area contributed by atoms with Crippen LogP contribution in [0.2, 0.25) is 0 Å². The molecule has 0 aliphatic carbocycles. The average Bonchev–Trinajstić information content (AvgIpc) is 2.15. The summed E-state index contributed by atoms with van der Waals surface area (Å²) in [6.45, 7) is 6.31. The molecular weight excluding hydrogens is 268 g/mol. The highest BCUT2D eigenvalue weighted by molar-refractivity contribution is 9.10. The summed E-state index contributed by atoms with van der Waals surface area (Å²) < 4.78 is 12.8. The van der Waals surface area contributed by atoms with Gasteiger partial charge in [-0.25, -0.2) is 0 Å². The van der Waals surface area contributed by atoms with Gasteiger partial charge in [0.25, 0.3) is 0 Å². The van der Waals surface area contributed by atoms with Crippen molar-refractivity contribution in [2.75, 3.05) is 0 Å². The third-order valence-electron chi connectivity index (χ3n) is 2.70. The van der Waals surface area contributed by atoms with Crippen molar-refractivity contribution in [2.24, 2.45) is 0 Å². The van der Waals surface area contributed by atoms with Gasteiger partial charge in [-0.3, -0.25) is 0 Å². The van der Waals surface area contributed by atoms with Crippen molar-refractivity contribution in [1.29, 1.82) is 0 Å². The zero-order chi connectivity index (χ0) is 11.8. The largest absolute Gasteiger partial charge is 0.345 e. The van der Waals surface area contributed by atoms with Crippen molar-refractivity contribution in [3.8, 4) is 0 Å². The van der Waals surface area contributed by atoms with Gasteiger partial charge in [-0.05, 0) is 32.9 Å². The molecule has 0 N–H and O–H groups in total. The molecule has 0 aromatic heterocycles. The molecule has 1 aliphatic rings. The first kappa shape index (κ1) is 12.1. The third kappa shape index (κ3) is 2.84. The van der Waals surface area contributed by atoms with Crippen molar-refractivity contribution in [3.05, 3.63) is 34.3 Å². The molecule has 1 aromatic carbocycles. The fourth-order valence-corrected chi connectivity index (χ4v) is 2.35. The Morgan fingerprint density at radius 3 is 2.44 bits per heavy atom. The van der Waals surface area contributed by atoms with E-state index in [4.69, 9.17) is 9.47 Å². The highest BCUT2D eigenvalue weighted by atomic mass is 79.9. The van der Waals surface area contributed by atoms with Crippen molar-refractivity contribution in [2.45, 2.75) is 45.2 Å². The number of hydrogen-bond donors (Lipinski definition) is 0. The van der Waals surface area contributed by atoms with E-state index in [1.165, 1.54) is 0 Å². The molecule has 1 heterocycles. The van der Waals surface area contributed by atoms with Gasteiger partial charge in [0.15, 0.2) is 6.29 Å². The van der Waals surface area contributed by atoms with E-state index >= 15 is 0 Å². The van der Waals surface area contributed by atoms with E-state index in [-0.39, 0.29) is 18.0 Å². The number of rotatable bonds is 1. The van der Waals surface area contributed by atoms with Crippen LogP contribution < -0.4 is 0 Å². The zero-order valence-corrected chi connectivity index (χ0v) is 11.5. The first-order chi connectivity index (χ1) is 7.46. The first-order valence-corrected chi connectivity index (χ1v) is 6.34. The minimum atomic E-state index is -0.244. The van der Waals surface area contributed by atoms with Crippen LogP contribution in [0.4, 0.5) is 0 Å². The van der Waals surface area contributed by atoms with Gasteiger partial charge in [0.1, 0.15) is 0 Å². The SMILES string of the molecule is C[C@@H]1CC(C)(C)O[C@@H](c2ccc(Br)cc2)O1. The average molecular weight is 285 g/mol. The monoisotopic (exact) mass is 284 g/mol. The van der Waals surface area contributed by atoms with Crippen molar-refractivity contribution >= 4 is 15.9 Å². The summed E-state index contributed by atoms with van der Waals surface area (Å²) in [5.41, 5.74) is 0.956. The molecule has 1 aromatic rings. The Labute approximate surface area is 105 Å². The summed E-state index contributed by atoms with van der Waals surface area (Å²) >= 11 is 3.42. The summed E-state index contributed by atoms with van der Waals surface area (Å²) in [5, 5.41) is 0. The Kier molecular flexibility index (Phi) is 3.38. The Hall–Kier alpha value is -0.380. The Balaban J connectivity index is 2.17. The topological polar surface area (TPSA) is 18.5 Å². The van der Waals surface area contributed by atoms with E-state index in [9.17, 15) is 0 Å². The molecule has 0 bridgehead atoms. The van der Waals surface area contributed by atoms with Crippen molar-refractivity contribution < 1.29 is 9.47 Å². The molecule has 0 amide bonds. The summed E-state index contributed by atoms with van der Waals surface area (Å²) in [6, 6.07) is 8.08. The minimum Gasteiger partial charge on any atom is -0.345 e. The van der Waals surface area contributed by atoms with E-state index in [0.29, 0.717) is 0 Å². The second-order valence-corrected chi connectivity index (χ2v) is 5.83.